The molecule has 0 bridgehead atoms. The molecule has 3 aromatic carbocycles. The van der Waals surface area contributed by atoms with Gasteiger partial charge in [0.15, 0.2) is 5.78 Å². The zero-order valence-corrected chi connectivity index (χ0v) is 19.8. The molecule has 0 aromatic heterocycles. The van der Waals surface area contributed by atoms with Crippen LogP contribution in [0.25, 0.3) is 5.76 Å². The van der Waals surface area contributed by atoms with Crippen LogP contribution in [-0.2, 0) is 4.79 Å². The first-order valence-electron chi connectivity index (χ1n) is 11.1. The van der Waals surface area contributed by atoms with E-state index < -0.39 is 5.92 Å². The van der Waals surface area contributed by atoms with Gasteiger partial charge in [0.25, 0.3) is 0 Å². The number of Topliss-reactive ketones (excluding diaryl/α,β-unsaturated/α-hetero) is 1. The second-order valence-corrected chi connectivity index (χ2v) is 9.22. The van der Waals surface area contributed by atoms with E-state index in [1.165, 1.54) is 0 Å². The molecule has 5 rings (SSSR count). The van der Waals surface area contributed by atoms with Gasteiger partial charge >= 0.3 is 0 Å². The SMILES string of the molecule is N=C1/C(=C(/O)c2ccccc2)[C@@H](c2ccccc2Cl)C2=C(CCCC2=O)N1c1ccc(Cl)cc1. The molecule has 0 unspecified atom stereocenters. The number of allylic oxidation sites excluding steroid dienone is 2. The molecule has 34 heavy (non-hydrogen) atoms. The summed E-state index contributed by atoms with van der Waals surface area (Å²) in [7, 11) is 0. The Morgan fingerprint density at radius 1 is 0.912 bits per heavy atom. The Bertz CT molecular complexity index is 1340. The number of benzene rings is 3. The highest BCUT2D eigenvalue weighted by Crippen LogP contribution is 2.49. The lowest BCUT2D eigenvalue weighted by Gasteiger charge is -2.42. The number of aliphatic hydroxyl groups is 1. The number of carbonyl (C=O) groups excluding carboxylic acids is 1. The van der Waals surface area contributed by atoms with E-state index in [2.05, 4.69) is 0 Å². The molecule has 1 heterocycles. The lowest BCUT2D eigenvalue weighted by molar-refractivity contribution is -0.116. The summed E-state index contributed by atoms with van der Waals surface area (Å²) in [5, 5.41) is 21.9. The Balaban J connectivity index is 1.84. The van der Waals surface area contributed by atoms with Crippen LogP contribution >= 0.6 is 23.2 Å². The minimum absolute atomic E-state index is 0.0102. The maximum atomic E-state index is 13.4. The standard InChI is InChI=1S/C28H22Cl2N2O2/c29-18-13-15-19(16-14-18)32-22-11-6-12-23(33)25(22)24(20-9-4-5-10-21(20)30)26(28(32)31)27(34)17-7-2-1-3-8-17/h1-5,7-10,13-16,24,31,34H,6,11-12H2/b27-26+,31-28?/t24-/m0/s1. The van der Waals surface area contributed by atoms with Crippen molar-refractivity contribution in [1.82, 2.24) is 0 Å². The van der Waals surface area contributed by atoms with Gasteiger partial charge in [-0.1, -0.05) is 71.7 Å². The van der Waals surface area contributed by atoms with E-state index in [0.29, 0.717) is 57.3 Å². The summed E-state index contributed by atoms with van der Waals surface area (Å²) in [4.78, 5) is 15.2. The third kappa shape index (κ3) is 3.83. The van der Waals surface area contributed by atoms with Crippen LogP contribution in [0.4, 0.5) is 5.69 Å². The van der Waals surface area contributed by atoms with Gasteiger partial charge in [-0.25, -0.2) is 0 Å². The van der Waals surface area contributed by atoms with Crippen molar-refractivity contribution in [2.24, 2.45) is 0 Å². The van der Waals surface area contributed by atoms with E-state index >= 15 is 0 Å². The van der Waals surface area contributed by atoms with Gasteiger partial charge in [0.2, 0.25) is 0 Å². The summed E-state index contributed by atoms with van der Waals surface area (Å²) in [6.07, 6.45) is 1.77. The maximum absolute atomic E-state index is 13.4. The highest BCUT2D eigenvalue weighted by molar-refractivity contribution is 6.32. The molecule has 6 heteroatoms. The monoisotopic (exact) mass is 488 g/mol. The number of nitrogens with one attached hydrogen (secondary N) is 1. The summed E-state index contributed by atoms with van der Waals surface area (Å²) in [5.74, 6) is -0.565. The molecule has 4 nitrogen and oxygen atoms in total. The molecule has 2 N–H and O–H groups in total. The smallest absolute Gasteiger partial charge is 0.161 e. The molecule has 0 fully saturated rings. The first-order valence-corrected chi connectivity index (χ1v) is 11.9. The Labute approximate surface area is 208 Å². The van der Waals surface area contributed by atoms with Crippen LogP contribution < -0.4 is 4.90 Å². The Morgan fingerprint density at radius 3 is 2.29 bits per heavy atom. The van der Waals surface area contributed by atoms with Crippen molar-refractivity contribution < 1.29 is 9.90 Å². The summed E-state index contributed by atoms with van der Waals surface area (Å²) in [6.45, 7) is 0. The van der Waals surface area contributed by atoms with E-state index in [-0.39, 0.29) is 17.4 Å². The zero-order valence-electron chi connectivity index (χ0n) is 18.3. The van der Waals surface area contributed by atoms with Crippen LogP contribution in [0.1, 0.15) is 36.3 Å². The second-order valence-electron chi connectivity index (χ2n) is 8.38. The van der Waals surface area contributed by atoms with Crippen LogP contribution in [0.2, 0.25) is 10.0 Å². The number of nitrogens with zero attached hydrogens (tertiary/aromatic N) is 1. The predicted octanol–water partition coefficient (Wildman–Crippen LogP) is 7.55. The predicted molar refractivity (Wildman–Crippen MR) is 138 cm³/mol. The molecular formula is C28H22Cl2N2O2. The molecule has 0 amide bonds. The lowest BCUT2D eigenvalue weighted by Crippen LogP contribution is -2.42. The van der Waals surface area contributed by atoms with Crippen molar-refractivity contribution in [2.45, 2.75) is 25.2 Å². The van der Waals surface area contributed by atoms with Gasteiger partial charge in [-0.05, 0) is 48.7 Å². The number of ketones is 1. The van der Waals surface area contributed by atoms with Gasteiger partial charge in [0.05, 0.1) is 0 Å². The number of halogens is 2. The minimum atomic E-state index is -0.646. The number of hydrogen-bond donors (Lipinski definition) is 2. The molecule has 1 aliphatic heterocycles. The van der Waals surface area contributed by atoms with Crippen LogP contribution in [0.15, 0.2) is 95.7 Å². The van der Waals surface area contributed by atoms with Crippen LogP contribution in [-0.4, -0.2) is 16.7 Å². The fourth-order valence-corrected chi connectivity index (χ4v) is 5.21. The van der Waals surface area contributed by atoms with Gasteiger partial charge in [0, 0.05) is 50.5 Å². The van der Waals surface area contributed by atoms with Crippen molar-refractivity contribution in [2.75, 3.05) is 4.90 Å². The lowest BCUT2D eigenvalue weighted by atomic mass is 9.73. The van der Waals surface area contributed by atoms with E-state index in [1.54, 1.807) is 35.2 Å². The first-order chi connectivity index (χ1) is 16.5. The van der Waals surface area contributed by atoms with Crippen molar-refractivity contribution in [1.29, 1.82) is 5.41 Å². The van der Waals surface area contributed by atoms with Crippen molar-refractivity contribution in [3.8, 4) is 0 Å². The summed E-state index contributed by atoms with van der Waals surface area (Å²) < 4.78 is 0. The molecule has 0 spiro atoms. The first kappa shape index (κ1) is 22.5. The summed E-state index contributed by atoms with van der Waals surface area (Å²) in [6, 6.07) is 23.6. The molecule has 170 valence electrons. The number of rotatable bonds is 3. The van der Waals surface area contributed by atoms with Crippen LogP contribution in [0.3, 0.4) is 0 Å². The molecule has 1 atom stereocenters. The van der Waals surface area contributed by atoms with E-state index in [0.717, 1.165) is 5.70 Å². The average molecular weight is 489 g/mol. The topological polar surface area (TPSA) is 64.4 Å². The molecule has 0 saturated carbocycles. The summed E-state index contributed by atoms with van der Waals surface area (Å²) >= 11 is 12.8. The zero-order chi connectivity index (χ0) is 23.8. The normalized spacial score (nSPS) is 19.8. The summed E-state index contributed by atoms with van der Waals surface area (Å²) in [5.41, 5.74) is 3.70. The molecule has 1 aliphatic carbocycles. The van der Waals surface area contributed by atoms with Crippen molar-refractivity contribution in [3.05, 3.63) is 117 Å². The van der Waals surface area contributed by atoms with E-state index in [9.17, 15) is 15.3 Å². The largest absolute Gasteiger partial charge is 0.507 e. The molecule has 0 radical (unpaired) electrons. The van der Waals surface area contributed by atoms with Gasteiger partial charge in [-0.2, -0.15) is 0 Å². The Kier molecular flexibility index (Phi) is 6.03. The van der Waals surface area contributed by atoms with Crippen LogP contribution in [0, 0.1) is 5.41 Å². The highest BCUT2D eigenvalue weighted by atomic mass is 35.5. The highest BCUT2D eigenvalue weighted by Gasteiger charge is 2.43. The fourth-order valence-electron chi connectivity index (χ4n) is 4.84. The Morgan fingerprint density at radius 2 is 1.59 bits per heavy atom. The fraction of sp³-hybridized carbons (Fsp3) is 0.143. The number of hydrogen-bond acceptors (Lipinski definition) is 3. The van der Waals surface area contributed by atoms with Crippen LogP contribution in [0.5, 0.6) is 0 Å². The van der Waals surface area contributed by atoms with Gasteiger partial charge in [-0.3, -0.25) is 15.1 Å². The van der Waals surface area contributed by atoms with E-state index in [4.69, 9.17) is 23.2 Å². The average Bonchev–Trinajstić information content (AvgIpc) is 2.85. The second kappa shape index (κ2) is 9.13. The third-order valence-corrected chi connectivity index (χ3v) is 6.95. The third-order valence-electron chi connectivity index (χ3n) is 6.36. The van der Waals surface area contributed by atoms with Crippen molar-refractivity contribution in [3.63, 3.8) is 0 Å². The van der Waals surface area contributed by atoms with Gasteiger partial charge in [0.1, 0.15) is 11.6 Å². The van der Waals surface area contributed by atoms with E-state index in [1.807, 2.05) is 48.5 Å². The number of aliphatic hydroxyl groups excluding tert-OH is 1. The molecule has 3 aromatic rings. The number of anilines is 1. The minimum Gasteiger partial charge on any atom is -0.507 e. The quantitative estimate of drug-likeness (QED) is 0.374. The van der Waals surface area contributed by atoms with Gasteiger partial charge in [-0.15, -0.1) is 0 Å². The maximum Gasteiger partial charge on any atom is 0.161 e. The number of carbonyl (C=O) groups is 1. The number of amidine groups is 1. The van der Waals surface area contributed by atoms with Crippen molar-refractivity contribution >= 4 is 46.3 Å². The molecule has 0 saturated heterocycles. The van der Waals surface area contributed by atoms with Gasteiger partial charge < -0.3 is 5.11 Å². The Hall–Kier alpha value is -3.34. The molecular weight excluding hydrogens is 467 g/mol. The molecule has 2 aliphatic rings.